The van der Waals surface area contributed by atoms with E-state index in [0.717, 1.165) is 17.2 Å². The number of anilines is 1. The Hall–Kier alpha value is -2.22. The monoisotopic (exact) mass is 400 g/mol. The third-order valence-electron chi connectivity index (χ3n) is 5.36. The molecule has 0 spiro atoms. The van der Waals surface area contributed by atoms with Crippen molar-refractivity contribution in [1.82, 2.24) is 14.7 Å². The third-order valence-corrected chi connectivity index (χ3v) is 5.36. The highest BCUT2D eigenvalue weighted by Gasteiger charge is 2.23. The summed E-state index contributed by atoms with van der Waals surface area (Å²) in [5.74, 6) is 1.14. The molecule has 2 aromatic rings. The molecule has 1 saturated carbocycles. The molecular weight excluding hydrogens is 368 g/mol. The van der Waals surface area contributed by atoms with Gasteiger partial charge in [-0.15, -0.1) is 0 Å². The van der Waals surface area contributed by atoms with Crippen LogP contribution in [0.15, 0.2) is 36.4 Å². The second kappa shape index (κ2) is 11.1. The van der Waals surface area contributed by atoms with Crippen molar-refractivity contribution in [1.29, 1.82) is 0 Å². The van der Waals surface area contributed by atoms with E-state index < -0.39 is 0 Å². The van der Waals surface area contributed by atoms with Crippen LogP contribution in [0.4, 0.5) is 5.82 Å². The van der Waals surface area contributed by atoms with Gasteiger partial charge in [-0.05, 0) is 25.0 Å². The zero-order valence-corrected chi connectivity index (χ0v) is 17.5. The van der Waals surface area contributed by atoms with Gasteiger partial charge in [-0.25, -0.2) is 4.68 Å². The van der Waals surface area contributed by atoms with Crippen molar-refractivity contribution in [3.8, 4) is 5.69 Å². The molecule has 0 atom stereocenters. The summed E-state index contributed by atoms with van der Waals surface area (Å²) < 4.78 is 12.2. The van der Waals surface area contributed by atoms with Gasteiger partial charge in [0.1, 0.15) is 5.82 Å². The number of methoxy groups -OCH3 is 2. The molecule has 1 aliphatic carbocycles. The Bertz CT molecular complexity index is 749. The third kappa shape index (κ3) is 6.13. The fraction of sp³-hybridized carbons (Fsp3) is 0.545. The van der Waals surface area contributed by atoms with Gasteiger partial charge in [-0.3, -0.25) is 9.69 Å². The van der Waals surface area contributed by atoms with Crippen LogP contribution in [-0.4, -0.2) is 67.7 Å². The van der Waals surface area contributed by atoms with Gasteiger partial charge in [0.25, 0.3) is 0 Å². The average molecular weight is 401 g/mol. The first kappa shape index (κ1) is 21.5. The van der Waals surface area contributed by atoms with E-state index in [1.165, 1.54) is 25.7 Å². The summed E-state index contributed by atoms with van der Waals surface area (Å²) in [7, 11) is 3.33. The maximum absolute atomic E-state index is 12.8. The maximum atomic E-state index is 12.8. The zero-order chi connectivity index (χ0) is 20.5. The molecule has 1 aromatic carbocycles. The Morgan fingerprint density at radius 2 is 1.79 bits per heavy atom. The first-order valence-electron chi connectivity index (χ1n) is 10.4. The number of aromatic nitrogens is 2. The van der Waals surface area contributed by atoms with Crippen molar-refractivity contribution in [2.45, 2.75) is 31.6 Å². The number of carbonyl (C=O) groups excluding carboxylic acids is 1. The average Bonchev–Trinajstić information content (AvgIpc) is 3.40. The lowest BCUT2D eigenvalue weighted by Crippen LogP contribution is -2.37. The highest BCUT2D eigenvalue weighted by atomic mass is 16.5. The molecule has 1 heterocycles. The minimum Gasteiger partial charge on any atom is -0.383 e. The van der Waals surface area contributed by atoms with Crippen molar-refractivity contribution in [3.05, 3.63) is 42.1 Å². The van der Waals surface area contributed by atoms with Crippen LogP contribution in [0.3, 0.4) is 0 Å². The summed E-state index contributed by atoms with van der Waals surface area (Å²) in [5.41, 5.74) is 2.01. The molecule has 158 valence electrons. The van der Waals surface area contributed by atoms with Crippen LogP contribution < -0.4 is 5.32 Å². The van der Waals surface area contributed by atoms with E-state index in [9.17, 15) is 4.79 Å². The predicted octanol–water partition coefficient (Wildman–Crippen LogP) is 3.06. The van der Waals surface area contributed by atoms with Crippen molar-refractivity contribution in [2.24, 2.45) is 0 Å². The summed E-state index contributed by atoms with van der Waals surface area (Å²) >= 11 is 0. The number of carbonyl (C=O) groups is 1. The number of hydrogen-bond acceptors (Lipinski definition) is 5. The summed E-state index contributed by atoms with van der Waals surface area (Å²) in [4.78, 5) is 14.8. The molecule has 7 nitrogen and oxygen atoms in total. The van der Waals surface area contributed by atoms with Gasteiger partial charge in [0.2, 0.25) is 5.91 Å². The quantitative estimate of drug-likeness (QED) is 0.628. The molecule has 1 N–H and O–H groups in total. The summed E-state index contributed by atoms with van der Waals surface area (Å²) in [5, 5.41) is 7.92. The molecule has 3 rings (SSSR count). The minimum atomic E-state index is -0.0627. The highest BCUT2D eigenvalue weighted by Crippen LogP contribution is 2.35. The Labute approximate surface area is 173 Å². The molecule has 7 heteroatoms. The van der Waals surface area contributed by atoms with Gasteiger partial charge in [0, 0.05) is 39.3 Å². The Balaban J connectivity index is 1.74. The lowest BCUT2D eigenvalue weighted by molar-refractivity contribution is -0.117. The second-order valence-corrected chi connectivity index (χ2v) is 7.49. The summed E-state index contributed by atoms with van der Waals surface area (Å²) in [6.45, 7) is 2.79. The van der Waals surface area contributed by atoms with Crippen LogP contribution in [0.25, 0.3) is 5.69 Å². The fourth-order valence-electron chi connectivity index (χ4n) is 3.77. The molecular formula is C22H32N4O3. The van der Waals surface area contributed by atoms with Crippen LogP contribution in [0.5, 0.6) is 0 Å². The molecule has 29 heavy (non-hydrogen) atoms. The van der Waals surface area contributed by atoms with Crippen LogP contribution in [0.2, 0.25) is 0 Å². The molecule has 0 saturated heterocycles. The maximum Gasteiger partial charge on any atom is 0.239 e. The predicted molar refractivity (Wildman–Crippen MR) is 114 cm³/mol. The smallest absolute Gasteiger partial charge is 0.239 e. The van der Waals surface area contributed by atoms with E-state index >= 15 is 0 Å². The van der Waals surface area contributed by atoms with E-state index in [4.69, 9.17) is 14.6 Å². The molecule has 1 aromatic heterocycles. The number of nitrogens with zero attached hydrogens (tertiary/aromatic N) is 3. The standard InChI is InChI=1S/C22H32N4O3/c1-28-14-12-25(13-15-29-2)17-22(27)23-21-16-20(18-8-6-7-9-18)24-26(21)19-10-4-3-5-11-19/h3-5,10-11,16,18H,6-9,12-15,17H2,1-2H3,(H,23,27). The van der Waals surface area contributed by atoms with Crippen LogP contribution in [0, 0.1) is 0 Å². The molecule has 1 amide bonds. The zero-order valence-electron chi connectivity index (χ0n) is 17.5. The SMILES string of the molecule is COCCN(CCOC)CC(=O)Nc1cc(C2CCCC2)nn1-c1ccccc1. The number of rotatable bonds is 11. The summed E-state index contributed by atoms with van der Waals surface area (Å²) in [6, 6.07) is 12.0. The first-order valence-corrected chi connectivity index (χ1v) is 10.4. The Morgan fingerprint density at radius 3 is 2.41 bits per heavy atom. The lowest BCUT2D eigenvalue weighted by atomic mass is 10.0. The summed E-state index contributed by atoms with van der Waals surface area (Å²) in [6.07, 6.45) is 4.83. The topological polar surface area (TPSA) is 68.6 Å². The number of benzene rings is 1. The molecule has 0 aliphatic heterocycles. The highest BCUT2D eigenvalue weighted by molar-refractivity contribution is 5.91. The first-order chi connectivity index (χ1) is 14.2. The van der Waals surface area contributed by atoms with Crippen LogP contribution in [-0.2, 0) is 14.3 Å². The van der Waals surface area contributed by atoms with Gasteiger partial charge in [0.05, 0.1) is 31.1 Å². The van der Waals surface area contributed by atoms with Gasteiger partial charge >= 0.3 is 0 Å². The molecule has 0 unspecified atom stereocenters. The second-order valence-electron chi connectivity index (χ2n) is 7.49. The minimum absolute atomic E-state index is 0.0627. The number of ether oxygens (including phenoxy) is 2. The van der Waals surface area contributed by atoms with Gasteiger partial charge in [0.15, 0.2) is 0 Å². The van der Waals surface area contributed by atoms with Gasteiger partial charge in [-0.1, -0.05) is 31.0 Å². The van der Waals surface area contributed by atoms with Crippen molar-refractivity contribution >= 4 is 11.7 Å². The van der Waals surface area contributed by atoms with E-state index in [1.807, 2.05) is 46.0 Å². The van der Waals surface area contributed by atoms with Crippen LogP contribution in [0.1, 0.15) is 37.3 Å². The molecule has 1 aliphatic rings. The molecule has 0 bridgehead atoms. The van der Waals surface area contributed by atoms with E-state index in [2.05, 4.69) is 5.32 Å². The fourth-order valence-corrected chi connectivity index (χ4v) is 3.77. The lowest BCUT2D eigenvalue weighted by Gasteiger charge is -2.21. The molecule has 0 radical (unpaired) electrons. The van der Waals surface area contributed by atoms with Crippen LogP contribution >= 0.6 is 0 Å². The Morgan fingerprint density at radius 1 is 1.14 bits per heavy atom. The van der Waals surface area contributed by atoms with E-state index in [-0.39, 0.29) is 12.5 Å². The van der Waals surface area contributed by atoms with Gasteiger partial charge in [-0.2, -0.15) is 5.10 Å². The largest absolute Gasteiger partial charge is 0.383 e. The number of hydrogen-bond donors (Lipinski definition) is 1. The van der Waals surface area contributed by atoms with Crippen molar-refractivity contribution in [3.63, 3.8) is 0 Å². The van der Waals surface area contributed by atoms with Gasteiger partial charge < -0.3 is 14.8 Å². The van der Waals surface area contributed by atoms with E-state index in [1.54, 1.807) is 14.2 Å². The molecule has 1 fully saturated rings. The number of amides is 1. The number of nitrogens with one attached hydrogen (secondary N) is 1. The number of para-hydroxylation sites is 1. The van der Waals surface area contributed by atoms with Crippen molar-refractivity contribution in [2.75, 3.05) is 52.4 Å². The normalized spacial score (nSPS) is 14.6. The Kier molecular flexibility index (Phi) is 8.22. The van der Waals surface area contributed by atoms with E-state index in [0.29, 0.717) is 32.2 Å². The van der Waals surface area contributed by atoms with Crippen molar-refractivity contribution < 1.29 is 14.3 Å².